The molecule has 0 aromatic heterocycles. The SMILES string of the molecule is CC(C)=C[SiH2]CN(C1CCCC1)C1CCCC1. The Hall–Kier alpha value is -0.0831. The second-order valence-electron chi connectivity index (χ2n) is 6.18. The van der Waals surface area contributed by atoms with Gasteiger partial charge in [0.1, 0.15) is 0 Å². The van der Waals surface area contributed by atoms with Crippen molar-refractivity contribution in [3.63, 3.8) is 0 Å². The standard InChI is InChI=1S/C15H29NSi/c1-13(2)11-17-12-16(14-7-3-4-8-14)15-9-5-6-10-15/h11,14-15H,3-10,12,17H2,1-2H3. The minimum Gasteiger partial charge on any atom is -0.300 e. The molecule has 0 aliphatic heterocycles. The zero-order valence-electron chi connectivity index (χ0n) is 11.8. The van der Waals surface area contributed by atoms with E-state index in [-0.39, 0.29) is 9.52 Å². The lowest BCUT2D eigenvalue weighted by molar-refractivity contribution is 0.164. The summed E-state index contributed by atoms with van der Waals surface area (Å²) in [5.74, 6) is 0. The number of nitrogens with zero attached hydrogens (tertiary/aromatic N) is 1. The number of allylic oxidation sites excluding steroid dienone is 1. The molecule has 0 amide bonds. The third kappa shape index (κ3) is 3.96. The first-order valence-electron chi connectivity index (χ1n) is 7.66. The summed E-state index contributed by atoms with van der Waals surface area (Å²) in [7, 11) is 0.0130. The normalized spacial score (nSPS) is 23.2. The molecule has 0 heterocycles. The van der Waals surface area contributed by atoms with E-state index in [0.717, 1.165) is 12.1 Å². The first-order chi connectivity index (χ1) is 8.27. The van der Waals surface area contributed by atoms with Crippen LogP contribution in [-0.2, 0) is 0 Å². The van der Waals surface area contributed by atoms with Crippen molar-refractivity contribution < 1.29 is 0 Å². The van der Waals surface area contributed by atoms with E-state index >= 15 is 0 Å². The lowest BCUT2D eigenvalue weighted by Crippen LogP contribution is -2.43. The average molecular weight is 251 g/mol. The molecule has 2 heteroatoms. The second kappa shape index (κ2) is 6.74. The lowest BCUT2D eigenvalue weighted by Gasteiger charge is -2.34. The van der Waals surface area contributed by atoms with Crippen LogP contribution < -0.4 is 0 Å². The van der Waals surface area contributed by atoms with Gasteiger partial charge in [0, 0.05) is 12.1 Å². The number of rotatable bonds is 5. The van der Waals surface area contributed by atoms with Gasteiger partial charge in [0.05, 0.1) is 9.52 Å². The summed E-state index contributed by atoms with van der Waals surface area (Å²) in [5.41, 5.74) is 4.09. The van der Waals surface area contributed by atoms with E-state index < -0.39 is 0 Å². The molecule has 0 atom stereocenters. The Bertz CT molecular complexity index is 230. The molecule has 0 spiro atoms. The van der Waals surface area contributed by atoms with Crippen molar-refractivity contribution in [1.82, 2.24) is 4.90 Å². The van der Waals surface area contributed by atoms with Gasteiger partial charge in [0.2, 0.25) is 0 Å². The van der Waals surface area contributed by atoms with Gasteiger partial charge in [-0.25, -0.2) is 0 Å². The quantitative estimate of drug-likeness (QED) is 0.678. The van der Waals surface area contributed by atoms with Gasteiger partial charge >= 0.3 is 0 Å². The van der Waals surface area contributed by atoms with Gasteiger partial charge < -0.3 is 4.90 Å². The van der Waals surface area contributed by atoms with Gasteiger partial charge in [-0.3, -0.25) is 0 Å². The van der Waals surface area contributed by atoms with E-state index in [2.05, 4.69) is 24.4 Å². The van der Waals surface area contributed by atoms with Crippen molar-refractivity contribution in [3.8, 4) is 0 Å². The first kappa shape index (κ1) is 13.4. The van der Waals surface area contributed by atoms with Gasteiger partial charge in [-0.1, -0.05) is 31.3 Å². The monoisotopic (exact) mass is 251 g/mol. The Labute approximate surface area is 109 Å². The largest absolute Gasteiger partial charge is 0.300 e. The van der Waals surface area contributed by atoms with Gasteiger partial charge in [0.15, 0.2) is 0 Å². The highest BCUT2D eigenvalue weighted by atomic mass is 28.2. The Morgan fingerprint density at radius 1 is 1.00 bits per heavy atom. The Morgan fingerprint density at radius 3 is 1.88 bits per heavy atom. The third-order valence-electron chi connectivity index (χ3n) is 4.53. The smallest absolute Gasteiger partial charge is 0.0612 e. The van der Waals surface area contributed by atoms with E-state index in [1.54, 1.807) is 0 Å². The van der Waals surface area contributed by atoms with Crippen LogP contribution in [0.25, 0.3) is 0 Å². The molecule has 0 N–H and O–H groups in total. The molecule has 2 saturated carbocycles. The maximum Gasteiger partial charge on any atom is 0.0612 e. The van der Waals surface area contributed by atoms with Crippen LogP contribution in [0.4, 0.5) is 0 Å². The van der Waals surface area contributed by atoms with E-state index in [4.69, 9.17) is 0 Å². The summed E-state index contributed by atoms with van der Waals surface area (Å²) in [6.07, 6.45) is 13.3. The molecule has 98 valence electrons. The van der Waals surface area contributed by atoms with Crippen molar-refractivity contribution in [2.75, 3.05) is 6.17 Å². The van der Waals surface area contributed by atoms with Crippen molar-refractivity contribution in [2.45, 2.75) is 77.3 Å². The van der Waals surface area contributed by atoms with Gasteiger partial charge in [-0.05, 0) is 45.7 Å². The fraction of sp³-hybridized carbons (Fsp3) is 0.867. The molecule has 2 rings (SSSR count). The Kier molecular flexibility index (Phi) is 5.30. The molecule has 0 radical (unpaired) electrons. The van der Waals surface area contributed by atoms with Crippen LogP contribution in [0.1, 0.15) is 65.2 Å². The highest BCUT2D eigenvalue weighted by Gasteiger charge is 2.29. The third-order valence-corrected chi connectivity index (χ3v) is 6.41. The van der Waals surface area contributed by atoms with Crippen LogP contribution in [0.5, 0.6) is 0 Å². The molecule has 1 nitrogen and oxygen atoms in total. The number of hydrogen-bond donors (Lipinski definition) is 0. The summed E-state index contributed by atoms with van der Waals surface area (Å²) >= 11 is 0. The molecular weight excluding hydrogens is 222 g/mol. The minimum atomic E-state index is 0.0130. The van der Waals surface area contributed by atoms with E-state index in [1.165, 1.54) is 63.1 Å². The van der Waals surface area contributed by atoms with Crippen LogP contribution in [0.3, 0.4) is 0 Å². The molecule has 0 saturated heterocycles. The highest BCUT2D eigenvalue weighted by molar-refractivity contribution is 6.42. The maximum atomic E-state index is 2.94. The first-order valence-corrected chi connectivity index (χ1v) is 9.48. The molecule has 0 bridgehead atoms. The molecular formula is C15H29NSi. The van der Waals surface area contributed by atoms with Crippen LogP contribution in [0, 0.1) is 0 Å². The molecule has 0 unspecified atom stereocenters. The second-order valence-corrected chi connectivity index (χ2v) is 7.62. The fourth-order valence-corrected chi connectivity index (χ4v) is 5.37. The van der Waals surface area contributed by atoms with E-state index in [1.807, 2.05) is 0 Å². The molecule has 2 fully saturated rings. The molecule has 0 aromatic rings. The van der Waals surface area contributed by atoms with Crippen LogP contribution in [0.15, 0.2) is 11.3 Å². The fourth-order valence-electron chi connectivity index (χ4n) is 3.64. The summed E-state index contributed by atoms with van der Waals surface area (Å²) < 4.78 is 0. The zero-order chi connectivity index (χ0) is 12.1. The Balaban J connectivity index is 1.88. The molecule has 0 aromatic carbocycles. The van der Waals surface area contributed by atoms with E-state index in [9.17, 15) is 0 Å². The zero-order valence-corrected chi connectivity index (χ0v) is 13.2. The van der Waals surface area contributed by atoms with Crippen LogP contribution in [0.2, 0.25) is 0 Å². The van der Waals surface area contributed by atoms with Gasteiger partial charge in [-0.2, -0.15) is 0 Å². The maximum absolute atomic E-state index is 2.94. The van der Waals surface area contributed by atoms with Crippen LogP contribution in [-0.4, -0.2) is 32.7 Å². The lowest BCUT2D eigenvalue weighted by atomic mass is 10.1. The van der Waals surface area contributed by atoms with E-state index in [0.29, 0.717) is 0 Å². The summed E-state index contributed by atoms with van der Waals surface area (Å²) in [6, 6.07) is 1.91. The Morgan fingerprint density at radius 2 is 1.47 bits per heavy atom. The minimum absolute atomic E-state index is 0.0130. The van der Waals surface area contributed by atoms with Crippen molar-refractivity contribution in [1.29, 1.82) is 0 Å². The summed E-state index contributed by atoms with van der Waals surface area (Å²) in [4.78, 5) is 2.94. The van der Waals surface area contributed by atoms with Gasteiger partial charge in [0.25, 0.3) is 0 Å². The predicted molar refractivity (Wildman–Crippen MR) is 79.2 cm³/mol. The number of hydrogen-bond acceptors (Lipinski definition) is 1. The van der Waals surface area contributed by atoms with Crippen molar-refractivity contribution in [3.05, 3.63) is 11.3 Å². The predicted octanol–water partition coefficient (Wildman–Crippen LogP) is 3.22. The van der Waals surface area contributed by atoms with Crippen LogP contribution >= 0.6 is 0 Å². The van der Waals surface area contributed by atoms with Crippen molar-refractivity contribution in [2.24, 2.45) is 0 Å². The van der Waals surface area contributed by atoms with Gasteiger partial charge in [-0.15, -0.1) is 5.70 Å². The molecule has 17 heavy (non-hydrogen) atoms. The topological polar surface area (TPSA) is 3.24 Å². The summed E-state index contributed by atoms with van der Waals surface area (Å²) in [5, 5.41) is 0. The molecule has 2 aliphatic carbocycles. The average Bonchev–Trinajstić information content (AvgIpc) is 2.97. The van der Waals surface area contributed by atoms with Crippen molar-refractivity contribution >= 4 is 9.52 Å². The summed E-state index contributed by atoms with van der Waals surface area (Å²) in [6.45, 7) is 4.50. The highest BCUT2D eigenvalue weighted by Crippen LogP contribution is 2.31. The molecule has 2 aliphatic rings.